The molecule has 0 aliphatic carbocycles. The van der Waals surface area contributed by atoms with E-state index < -0.39 is 0 Å². The normalized spacial score (nSPS) is 15.7. The van der Waals surface area contributed by atoms with E-state index in [0.29, 0.717) is 0 Å². The van der Waals surface area contributed by atoms with Crippen LogP contribution in [-0.2, 0) is 38.8 Å². The zero-order valence-electron chi connectivity index (χ0n) is 15.6. The minimum atomic E-state index is 1.03. The number of para-hydroxylation sites is 2. The summed E-state index contributed by atoms with van der Waals surface area (Å²) in [4.78, 5) is 9.92. The van der Waals surface area contributed by atoms with Crippen LogP contribution in [0.25, 0.3) is 22.1 Å². The first-order chi connectivity index (χ1) is 13.4. The van der Waals surface area contributed by atoms with Crippen molar-refractivity contribution in [2.24, 2.45) is 0 Å². The van der Waals surface area contributed by atoms with Crippen molar-refractivity contribution in [2.75, 3.05) is 0 Å². The van der Waals surface area contributed by atoms with Gasteiger partial charge in [0, 0.05) is 25.9 Å². The highest BCUT2D eigenvalue weighted by Gasteiger charge is 2.19. The Kier molecular flexibility index (Phi) is 3.40. The molecule has 0 N–H and O–H groups in total. The number of rotatable bonds is 4. The number of aromatic nitrogens is 4. The highest BCUT2D eigenvalue weighted by molar-refractivity contribution is 5.81. The molecule has 4 heterocycles. The van der Waals surface area contributed by atoms with Crippen LogP contribution in [0.3, 0.4) is 0 Å². The molecule has 4 nitrogen and oxygen atoms in total. The summed E-state index contributed by atoms with van der Waals surface area (Å²) in [6.07, 6.45) is 8.01. The third-order valence-corrected chi connectivity index (χ3v) is 6.32. The van der Waals surface area contributed by atoms with E-state index in [1.165, 1.54) is 70.5 Å². The average Bonchev–Trinajstić information content (AvgIpc) is 3.25. The topological polar surface area (TPSA) is 35.6 Å². The van der Waals surface area contributed by atoms with Gasteiger partial charge in [0.1, 0.15) is 11.6 Å². The summed E-state index contributed by atoms with van der Waals surface area (Å²) < 4.78 is 4.94. The van der Waals surface area contributed by atoms with Crippen LogP contribution >= 0.6 is 0 Å². The van der Waals surface area contributed by atoms with Crippen LogP contribution in [0.2, 0.25) is 0 Å². The van der Waals surface area contributed by atoms with Crippen LogP contribution in [0.4, 0.5) is 0 Å². The molecule has 27 heavy (non-hydrogen) atoms. The van der Waals surface area contributed by atoms with Crippen LogP contribution in [0, 0.1) is 0 Å². The third kappa shape index (κ3) is 2.35. The van der Waals surface area contributed by atoms with Crippen molar-refractivity contribution in [3.63, 3.8) is 0 Å². The van der Waals surface area contributed by atoms with Gasteiger partial charge in [-0.2, -0.15) is 0 Å². The lowest BCUT2D eigenvalue weighted by Gasteiger charge is -2.17. The summed E-state index contributed by atoms with van der Waals surface area (Å²) in [6.45, 7) is 2.23. The quantitative estimate of drug-likeness (QED) is 0.541. The lowest BCUT2D eigenvalue weighted by atomic mass is 10.0. The number of benzene rings is 2. The first kappa shape index (κ1) is 15.4. The molecule has 6 rings (SSSR count). The van der Waals surface area contributed by atoms with E-state index >= 15 is 0 Å². The minimum absolute atomic E-state index is 1.03. The van der Waals surface area contributed by atoms with Gasteiger partial charge in [-0.3, -0.25) is 0 Å². The molecule has 0 bridgehead atoms. The zero-order valence-corrected chi connectivity index (χ0v) is 15.6. The van der Waals surface area contributed by atoms with Gasteiger partial charge in [-0.1, -0.05) is 24.3 Å². The van der Waals surface area contributed by atoms with Gasteiger partial charge >= 0.3 is 0 Å². The maximum absolute atomic E-state index is 4.96. The highest BCUT2D eigenvalue weighted by Crippen LogP contribution is 2.29. The van der Waals surface area contributed by atoms with Crippen LogP contribution < -0.4 is 0 Å². The summed E-state index contributed by atoms with van der Waals surface area (Å²) in [6, 6.07) is 13.2. The Labute approximate surface area is 158 Å². The Bertz CT molecular complexity index is 1070. The van der Waals surface area contributed by atoms with Crippen molar-refractivity contribution >= 4 is 22.1 Å². The molecule has 0 atom stereocenters. The van der Waals surface area contributed by atoms with Crippen molar-refractivity contribution in [1.82, 2.24) is 19.1 Å². The number of nitrogens with zero attached hydrogens (tertiary/aromatic N) is 4. The van der Waals surface area contributed by atoms with Crippen molar-refractivity contribution in [2.45, 2.75) is 58.0 Å². The van der Waals surface area contributed by atoms with Crippen LogP contribution in [0.1, 0.15) is 42.0 Å². The predicted octanol–water partition coefficient (Wildman–Crippen LogP) is 4.45. The number of aryl methyl sites for hydroxylation is 6. The van der Waals surface area contributed by atoms with Gasteiger partial charge in [0.25, 0.3) is 0 Å². The largest absolute Gasteiger partial charge is 0.328 e. The average molecular weight is 356 g/mol. The molecule has 136 valence electrons. The van der Waals surface area contributed by atoms with E-state index in [1.807, 2.05) is 0 Å². The number of imidazole rings is 2. The molecule has 0 unspecified atom stereocenters. The molecule has 2 aliphatic heterocycles. The van der Waals surface area contributed by atoms with Crippen molar-refractivity contribution in [1.29, 1.82) is 0 Å². The molecule has 2 aromatic heterocycles. The van der Waals surface area contributed by atoms with E-state index in [4.69, 9.17) is 9.97 Å². The van der Waals surface area contributed by atoms with Gasteiger partial charge in [0.15, 0.2) is 0 Å². The fourth-order valence-electron chi connectivity index (χ4n) is 5.14. The van der Waals surface area contributed by atoms with Crippen molar-refractivity contribution < 1.29 is 0 Å². The second-order valence-corrected chi connectivity index (χ2v) is 7.99. The molecular formula is C23H24N4. The standard InChI is InChI=1S/C23H24N4/c1-6-16-8-4-14-26-20(24-18(10-1)22(16)26)12-3-13-21-25-19-11-2-7-17-9-5-15-27(21)23(17)19/h1-2,6-7,10-11H,3-5,8-9,12-15H2. The molecule has 4 aromatic rings. The second-order valence-electron chi connectivity index (χ2n) is 7.99. The molecule has 2 aromatic carbocycles. The van der Waals surface area contributed by atoms with Gasteiger partial charge in [0.2, 0.25) is 0 Å². The van der Waals surface area contributed by atoms with Crippen molar-refractivity contribution in [3.05, 3.63) is 59.2 Å². The molecule has 0 saturated carbocycles. The maximum atomic E-state index is 4.96. The predicted molar refractivity (Wildman–Crippen MR) is 108 cm³/mol. The molecule has 0 amide bonds. The Morgan fingerprint density at radius 1 is 0.704 bits per heavy atom. The molecular weight excluding hydrogens is 332 g/mol. The van der Waals surface area contributed by atoms with E-state index in [9.17, 15) is 0 Å². The second kappa shape index (κ2) is 5.95. The van der Waals surface area contributed by atoms with Gasteiger partial charge in [0.05, 0.1) is 22.1 Å². The van der Waals surface area contributed by atoms with Gasteiger partial charge < -0.3 is 9.13 Å². The maximum Gasteiger partial charge on any atom is 0.109 e. The Hall–Kier alpha value is -2.62. The Morgan fingerprint density at radius 2 is 1.22 bits per heavy atom. The summed E-state index contributed by atoms with van der Waals surface area (Å²) >= 11 is 0. The first-order valence-corrected chi connectivity index (χ1v) is 10.3. The Balaban J connectivity index is 1.28. The monoisotopic (exact) mass is 356 g/mol. The van der Waals surface area contributed by atoms with Crippen LogP contribution in [0.15, 0.2) is 36.4 Å². The molecule has 0 fully saturated rings. The molecule has 0 radical (unpaired) electrons. The van der Waals surface area contributed by atoms with E-state index in [-0.39, 0.29) is 0 Å². The van der Waals surface area contributed by atoms with Gasteiger partial charge in [-0.15, -0.1) is 0 Å². The molecule has 4 heteroatoms. The van der Waals surface area contributed by atoms with Crippen LogP contribution in [-0.4, -0.2) is 19.1 Å². The van der Waals surface area contributed by atoms with Crippen LogP contribution in [0.5, 0.6) is 0 Å². The number of hydrogen-bond donors (Lipinski definition) is 0. The Morgan fingerprint density at radius 3 is 1.74 bits per heavy atom. The van der Waals surface area contributed by atoms with Gasteiger partial charge in [-0.25, -0.2) is 9.97 Å². The zero-order chi connectivity index (χ0) is 17.8. The van der Waals surface area contributed by atoms with E-state index in [0.717, 1.165) is 32.4 Å². The minimum Gasteiger partial charge on any atom is -0.328 e. The summed E-state index contributed by atoms with van der Waals surface area (Å²) in [5, 5.41) is 0. The summed E-state index contributed by atoms with van der Waals surface area (Å²) in [5.41, 5.74) is 8.04. The first-order valence-electron chi connectivity index (χ1n) is 10.3. The molecule has 2 aliphatic rings. The smallest absolute Gasteiger partial charge is 0.109 e. The summed E-state index contributed by atoms with van der Waals surface area (Å²) in [5.74, 6) is 2.51. The molecule has 0 saturated heterocycles. The lowest BCUT2D eigenvalue weighted by Crippen LogP contribution is -2.12. The fraction of sp³-hybridized carbons (Fsp3) is 0.391. The third-order valence-electron chi connectivity index (χ3n) is 6.32. The van der Waals surface area contributed by atoms with Gasteiger partial charge in [-0.05, 0) is 55.4 Å². The molecule has 0 spiro atoms. The SMILES string of the molecule is c1cc2c3c(c1)nc(CCCc1nc4cccc5c4n1CCC5)n3CCC2. The lowest BCUT2D eigenvalue weighted by molar-refractivity contribution is 0.574. The van der Waals surface area contributed by atoms with E-state index in [2.05, 4.69) is 45.5 Å². The fourth-order valence-corrected chi connectivity index (χ4v) is 5.14. The number of hydrogen-bond acceptors (Lipinski definition) is 2. The van der Waals surface area contributed by atoms with E-state index in [1.54, 1.807) is 0 Å². The van der Waals surface area contributed by atoms with Crippen molar-refractivity contribution in [3.8, 4) is 0 Å². The highest BCUT2D eigenvalue weighted by atomic mass is 15.1. The summed E-state index contributed by atoms with van der Waals surface area (Å²) in [7, 11) is 0.